The number of nitrogens with two attached hydrogens (primary N) is 1. The van der Waals surface area contributed by atoms with Gasteiger partial charge in [0.05, 0.1) is 7.11 Å². The maximum Gasteiger partial charge on any atom is 0.355 e. The number of hydrogen-bond acceptors (Lipinski definition) is 3. The molecule has 0 saturated carbocycles. The fourth-order valence-corrected chi connectivity index (χ4v) is 1.40. The second-order valence-electron chi connectivity index (χ2n) is 2.97. The molecule has 0 atom stereocenters. The number of anilines is 1. The Morgan fingerprint density at radius 1 is 1.43 bits per heavy atom. The molecule has 4 nitrogen and oxygen atoms in total. The zero-order chi connectivity index (χ0) is 10.1. The Kier molecular flexibility index (Phi) is 1.89. The third-order valence-electron chi connectivity index (χ3n) is 2.07. The highest BCUT2D eigenvalue weighted by Crippen LogP contribution is 2.14. The summed E-state index contributed by atoms with van der Waals surface area (Å²) in [4.78, 5) is 11.3. The van der Waals surface area contributed by atoms with E-state index in [-0.39, 0.29) is 5.97 Å². The van der Waals surface area contributed by atoms with Crippen molar-refractivity contribution in [2.75, 3.05) is 12.8 Å². The number of carbonyl (C=O) groups excluding carboxylic acids is 1. The van der Waals surface area contributed by atoms with Crippen LogP contribution in [0.1, 0.15) is 10.5 Å². The first-order chi connectivity index (χ1) is 6.72. The molecule has 0 aliphatic carbocycles. The summed E-state index contributed by atoms with van der Waals surface area (Å²) in [6, 6.07) is 7.06. The first kappa shape index (κ1) is 8.62. The topological polar surface area (TPSA) is 56.7 Å². The average molecular weight is 190 g/mol. The normalized spacial score (nSPS) is 10.4. The van der Waals surface area contributed by atoms with Crippen molar-refractivity contribution in [3.63, 3.8) is 0 Å². The lowest BCUT2D eigenvalue weighted by Gasteiger charge is -2.01. The number of nitrogen functional groups attached to an aromatic ring is 1. The quantitative estimate of drug-likeness (QED) is 0.690. The SMILES string of the molecule is COC(=O)c1ccc2cc(N)ccn12. The molecule has 2 N–H and O–H groups in total. The molecule has 4 heteroatoms. The van der Waals surface area contributed by atoms with Crippen LogP contribution in [-0.4, -0.2) is 17.5 Å². The number of methoxy groups -OCH3 is 1. The largest absolute Gasteiger partial charge is 0.464 e. The molecule has 14 heavy (non-hydrogen) atoms. The molecule has 0 aliphatic heterocycles. The van der Waals surface area contributed by atoms with E-state index in [0.717, 1.165) is 5.52 Å². The van der Waals surface area contributed by atoms with Crippen molar-refractivity contribution < 1.29 is 9.53 Å². The second kappa shape index (κ2) is 3.06. The van der Waals surface area contributed by atoms with Crippen LogP contribution in [0.15, 0.2) is 30.5 Å². The summed E-state index contributed by atoms with van der Waals surface area (Å²) in [6.07, 6.45) is 1.75. The lowest BCUT2D eigenvalue weighted by atomic mass is 10.4. The van der Waals surface area contributed by atoms with E-state index in [4.69, 9.17) is 5.73 Å². The van der Waals surface area contributed by atoms with E-state index in [0.29, 0.717) is 11.4 Å². The number of fused-ring (bicyclic) bond motifs is 1. The van der Waals surface area contributed by atoms with Gasteiger partial charge >= 0.3 is 5.97 Å². The Labute approximate surface area is 80.9 Å². The molecule has 0 aliphatic rings. The molecule has 72 valence electrons. The van der Waals surface area contributed by atoms with Crippen LogP contribution >= 0.6 is 0 Å². The minimum absolute atomic E-state index is 0.352. The fraction of sp³-hybridized carbons (Fsp3) is 0.100. The fourth-order valence-electron chi connectivity index (χ4n) is 1.40. The summed E-state index contributed by atoms with van der Waals surface area (Å²) < 4.78 is 6.38. The van der Waals surface area contributed by atoms with E-state index in [2.05, 4.69) is 4.74 Å². The van der Waals surface area contributed by atoms with Crippen LogP contribution in [0.25, 0.3) is 5.52 Å². The molecule has 2 aromatic rings. The summed E-state index contributed by atoms with van der Waals surface area (Å²) in [6.45, 7) is 0. The highest BCUT2D eigenvalue weighted by Gasteiger charge is 2.09. The van der Waals surface area contributed by atoms with Gasteiger partial charge in [-0.2, -0.15) is 0 Å². The van der Waals surface area contributed by atoms with Gasteiger partial charge in [-0.1, -0.05) is 0 Å². The summed E-state index contributed by atoms with van der Waals surface area (Å²) in [7, 11) is 1.36. The number of nitrogens with zero attached hydrogens (tertiary/aromatic N) is 1. The Balaban J connectivity index is 2.64. The summed E-state index contributed by atoms with van der Waals surface area (Å²) >= 11 is 0. The molecule has 0 amide bonds. The molecular weight excluding hydrogens is 180 g/mol. The van der Waals surface area contributed by atoms with E-state index >= 15 is 0 Å². The number of esters is 1. The molecule has 2 rings (SSSR count). The molecule has 0 aromatic carbocycles. The van der Waals surface area contributed by atoms with Gasteiger partial charge < -0.3 is 14.9 Å². The predicted octanol–water partition coefficient (Wildman–Crippen LogP) is 1.31. The Bertz CT molecular complexity index is 488. The second-order valence-corrected chi connectivity index (χ2v) is 2.97. The first-order valence-electron chi connectivity index (χ1n) is 4.17. The van der Waals surface area contributed by atoms with Gasteiger partial charge in [0.1, 0.15) is 5.69 Å². The third-order valence-corrected chi connectivity index (χ3v) is 2.07. The van der Waals surface area contributed by atoms with Crippen LogP contribution < -0.4 is 5.73 Å². The van der Waals surface area contributed by atoms with Crippen molar-refractivity contribution in [2.24, 2.45) is 0 Å². The Morgan fingerprint density at radius 3 is 2.93 bits per heavy atom. The van der Waals surface area contributed by atoms with Gasteiger partial charge in [-0.25, -0.2) is 4.79 Å². The molecular formula is C10H10N2O2. The number of ether oxygens (including phenoxy) is 1. The minimum Gasteiger partial charge on any atom is -0.464 e. The van der Waals surface area contributed by atoms with Crippen LogP contribution in [0.3, 0.4) is 0 Å². The van der Waals surface area contributed by atoms with Crippen LogP contribution in [0.4, 0.5) is 5.69 Å². The summed E-state index contributed by atoms with van der Waals surface area (Å²) in [5.74, 6) is -0.352. The van der Waals surface area contributed by atoms with Gasteiger partial charge in [0.25, 0.3) is 0 Å². The van der Waals surface area contributed by atoms with Gasteiger partial charge in [0.15, 0.2) is 0 Å². The third kappa shape index (κ3) is 1.21. The van der Waals surface area contributed by atoms with Crippen molar-refractivity contribution in [1.82, 2.24) is 4.40 Å². The van der Waals surface area contributed by atoms with Crippen molar-refractivity contribution in [1.29, 1.82) is 0 Å². The Morgan fingerprint density at radius 2 is 2.21 bits per heavy atom. The summed E-state index contributed by atoms with van der Waals surface area (Å²) in [5.41, 5.74) is 7.67. The zero-order valence-corrected chi connectivity index (χ0v) is 7.73. The molecule has 0 fully saturated rings. The first-order valence-corrected chi connectivity index (χ1v) is 4.17. The molecule has 0 radical (unpaired) electrons. The molecule has 0 spiro atoms. The minimum atomic E-state index is -0.352. The smallest absolute Gasteiger partial charge is 0.355 e. The van der Waals surface area contributed by atoms with E-state index < -0.39 is 0 Å². The zero-order valence-electron chi connectivity index (χ0n) is 7.73. The van der Waals surface area contributed by atoms with Gasteiger partial charge in [0, 0.05) is 17.4 Å². The standard InChI is InChI=1S/C10H10N2O2/c1-14-10(13)9-3-2-8-6-7(11)4-5-12(8)9/h2-6H,11H2,1H3. The monoisotopic (exact) mass is 190 g/mol. The van der Waals surface area contributed by atoms with Crippen molar-refractivity contribution in [3.8, 4) is 0 Å². The number of pyridine rings is 1. The van der Waals surface area contributed by atoms with Crippen molar-refractivity contribution >= 4 is 17.2 Å². The predicted molar refractivity (Wildman–Crippen MR) is 53.1 cm³/mol. The average Bonchev–Trinajstić information content (AvgIpc) is 2.59. The maximum atomic E-state index is 11.3. The van der Waals surface area contributed by atoms with Crippen molar-refractivity contribution in [2.45, 2.75) is 0 Å². The number of aromatic nitrogens is 1. The van der Waals surface area contributed by atoms with Crippen LogP contribution in [-0.2, 0) is 4.74 Å². The van der Waals surface area contributed by atoms with E-state index in [1.807, 2.05) is 6.07 Å². The maximum absolute atomic E-state index is 11.3. The van der Waals surface area contributed by atoms with Gasteiger partial charge in [-0.05, 0) is 24.3 Å². The van der Waals surface area contributed by atoms with Gasteiger partial charge in [-0.15, -0.1) is 0 Å². The molecule has 0 unspecified atom stereocenters. The lowest BCUT2D eigenvalue weighted by Crippen LogP contribution is -2.04. The lowest BCUT2D eigenvalue weighted by molar-refractivity contribution is 0.0593. The number of carbonyl (C=O) groups is 1. The van der Waals surface area contributed by atoms with Gasteiger partial charge in [-0.3, -0.25) is 0 Å². The molecule has 0 saturated heterocycles. The van der Waals surface area contributed by atoms with Crippen LogP contribution in [0.5, 0.6) is 0 Å². The number of hydrogen-bond donors (Lipinski definition) is 1. The Hall–Kier alpha value is -1.97. The van der Waals surface area contributed by atoms with Crippen molar-refractivity contribution in [3.05, 3.63) is 36.2 Å². The number of rotatable bonds is 1. The highest BCUT2D eigenvalue weighted by molar-refractivity contribution is 5.89. The van der Waals surface area contributed by atoms with Crippen LogP contribution in [0, 0.1) is 0 Å². The van der Waals surface area contributed by atoms with Gasteiger partial charge in [0.2, 0.25) is 0 Å². The highest BCUT2D eigenvalue weighted by atomic mass is 16.5. The van der Waals surface area contributed by atoms with E-state index in [1.54, 1.807) is 28.8 Å². The molecule has 2 aromatic heterocycles. The van der Waals surface area contributed by atoms with Crippen LogP contribution in [0.2, 0.25) is 0 Å². The van der Waals surface area contributed by atoms with E-state index in [1.165, 1.54) is 7.11 Å². The molecule has 0 bridgehead atoms. The summed E-state index contributed by atoms with van der Waals surface area (Å²) in [5, 5.41) is 0. The molecule has 2 heterocycles. The van der Waals surface area contributed by atoms with E-state index in [9.17, 15) is 4.79 Å².